The van der Waals surface area contributed by atoms with Gasteiger partial charge in [-0.05, 0) is 42.6 Å². The molecule has 4 nitrogen and oxygen atoms in total. The number of hydrogen-bond acceptors (Lipinski definition) is 3. The number of nitrogens with zero attached hydrogens (tertiary/aromatic N) is 1. The first kappa shape index (κ1) is 17.2. The number of allylic oxidation sites excluding steroid dienone is 3. The molecule has 0 bridgehead atoms. The van der Waals surface area contributed by atoms with Gasteiger partial charge in [-0.1, -0.05) is 19.9 Å². The van der Waals surface area contributed by atoms with Crippen molar-refractivity contribution in [2.45, 2.75) is 39.4 Å². The lowest BCUT2D eigenvalue weighted by Gasteiger charge is -2.49. The predicted molar refractivity (Wildman–Crippen MR) is 94.3 cm³/mol. The molecule has 130 valence electrons. The van der Waals surface area contributed by atoms with Gasteiger partial charge in [0.2, 0.25) is 0 Å². The average Bonchev–Trinajstić information content (AvgIpc) is 2.77. The van der Waals surface area contributed by atoms with Crippen molar-refractivity contribution in [3.8, 4) is 0 Å². The third-order valence-corrected chi connectivity index (χ3v) is 6.09. The van der Waals surface area contributed by atoms with E-state index in [4.69, 9.17) is 9.47 Å². The molecule has 0 saturated heterocycles. The molecule has 1 aliphatic heterocycles. The Kier molecular flexibility index (Phi) is 4.30. The van der Waals surface area contributed by atoms with Crippen LogP contribution in [0.25, 0.3) is 0 Å². The van der Waals surface area contributed by atoms with Gasteiger partial charge in [0.05, 0.1) is 12.7 Å². The molecule has 3 rings (SSSR count). The van der Waals surface area contributed by atoms with Gasteiger partial charge in [-0.3, -0.25) is 4.79 Å². The number of carbonyl (C=O) groups excluding carboxylic acids is 1. The molecule has 0 aromatic carbocycles. The van der Waals surface area contributed by atoms with E-state index in [-0.39, 0.29) is 29.4 Å². The Morgan fingerprint density at radius 3 is 2.83 bits per heavy atom. The lowest BCUT2D eigenvalue weighted by atomic mass is 9.59. The van der Waals surface area contributed by atoms with E-state index in [1.54, 1.807) is 18.1 Å². The number of hydrogen-bond donors (Lipinski definition) is 0. The molecule has 0 aromatic rings. The highest BCUT2D eigenvalue weighted by molar-refractivity contribution is 6.00. The molecule has 0 spiro atoms. The number of fused-ring (bicyclic) bond motifs is 2. The Hall–Kier alpha value is -1.65. The largest absolute Gasteiger partial charge is 0.375 e. The Bertz CT molecular complexity index is 672. The summed E-state index contributed by atoms with van der Waals surface area (Å²) in [5.74, 6) is 0.371. The summed E-state index contributed by atoms with van der Waals surface area (Å²) in [4.78, 5) is 14.1. The SMILES string of the molecule is C=CCO[C@H]1[C@H](OC)C=C2C=C3C(=C(C)C(=O)N3C)C[C@]2(C)[C@H]1C. The van der Waals surface area contributed by atoms with Gasteiger partial charge in [0.1, 0.15) is 6.10 Å². The van der Waals surface area contributed by atoms with E-state index in [0.717, 1.165) is 17.7 Å². The van der Waals surface area contributed by atoms with Crippen molar-refractivity contribution in [1.82, 2.24) is 4.90 Å². The van der Waals surface area contributed by atoms with E-state index < -0.39 is 0 Å². The van der Waals surface area contributed by atoms with Crippen LogP contribution in [0.5, 0.6) is 0 Å². The first-order valence-electron chi connectivity index (χ1n) is 8.52. The topological polar surface area (TPSA) is 38.8 Å². The third kappa shape index (κ3) is 2.32. The van der Waals surface area contributed by atoms with Gasteiger partial charge in [-0.25, -0.2) is 0 Å². The van der Waals surface area contributed by atoms with E-state index in [9.17, 15) is 4.79 Å². The molecular formula is C20H27NO3. The number of rotatable bonds is 4. The molecule has 4 heteroatoms. The second kappa shape index (κ2) is 6.01. The van der Waals surface area contributed by atoms with Gasteiger partial charge in [-0.2, -0.15) is 0 Å². The second-order valence-electron chi connectivity index (χ2n) is 7.29. The van der Waals surface area contributed by atoms with Crippen LogP contribution in [0.3, 0.4) is 0 Å². The third-order valence-electron chi connectivity index (χ3n) is 6.09. The Balaban J connectivity index is 2.07. The predicted octanol–water partition coefficient (Wildman–Crippen LogP) is 3.23. The minimum Gasteiger partial charge on any atom is -0.375 e. The molecule has 0 unspecified atom stereocenters. The van der Waals surface area contributed by atoms with Crippen molar-refractivity contribution in [3.05, 3.63) is 47.2 Å². The van der Waals surface area contributed by atoms with Gasteiger partial charge < -0.3 is 14.4 Å². The molecule has 4 atom stereocenters. The molecule has 0 fully saturated rings. The van der Waals surface area contributed by atoms with Crippen molar-refractivity contribution in [1.29, 1.82) is 0 Å². The number of ether oxygens (including phenoxy) is 2. The maximum absolute atomic E-state index is 12.3. The minimum atomic E-state index is -0.0890. The molecule has 0 N–H and O–H groups in total. The zero-order valence-electron chi connectivity index (χ0n) is 15.3. The minimum absolute atomic E-state index is 0.0209. The van der Waals surface area contributed by atoms with Crippen LogP contribution >= 0.6 is 0 Å². The summed E-state index contributed by atoms with van der Waals surface area (Å²) in [7, 11) is 3.57. The van der Waals surface area contributed by atoms with Crippen LogP contribution in [0.4, 0.5) is 0 Å². The molecule has 0 aromatic heterocycles. The molecule has 1 amide bonds. The summed E-state index contributed by atoms with van der Waals surface area (Å²) in [6.45, 7) is 10.7. The standard InChI is InChI=1S/C20H27NO3/c1-7-8-24-18-13(3)20(4)11-15-12(2)19(22)21(5)16(15)9-14(20)10-17(18)23-6/h7,9-10,13,17-18H,1,8,11H2,2-6H3/t13-,17+,18+,20+/m0/s1. The first-order chi connectivity index (χ1) is 11.3. The summed E-state index contributed by atoms with van der Waals surface area (Å²) in [6.07, 6.45) is 6.86. The fourth-order valence-electron chi connectivity index (χ4n) is 4.27. The van der Waals surface area contributed by atoms with Crippen molar-refractivity contribution in [3.63, 3.8) is 0 Å². The maximum Gasteiger partial charge on any atom is 0.254 e. The Labute approximate surface area is 144 Å². The molecular weight excluding hydrogens is 302 g/mol. The maximum atomic E-state index is 12.3. The van der Waals surface area contributed by atoms with Crippen molar-refractivity contribution < 1.29 is 14.3 Å². The van der Waals surface area contributed by atoms with Crippen molar-refractivity contribution >= 4 is 5.91 Å². The molecule has 0 radical (unpaired) electrons. The van der Waals surface area contributed by atoms with Crippen molar-refractivity contribution in [2.75, 3.05) is 20.8 Å². The van der Waals surface area contributed by atoms with Crippen LogP contribution in [0.2, 0.25) is 0 Å². The van der Waals surface area contributed by atoms with Crippen LogP contribution in [0.15, 0.2) is 47.2 Å². The van der Waals surface area contributed by atoms with Crippen LogP contribution in [-0.2, 0) is 14.3 Å². The van der Waals surface area contributed by atoms with Crippen LogP contribution in [0.1, 0.15) is 27.2 Å². The average molecular weight is 329 g/mol. The quantitative estimate of drug-likeness (QED) is 0.743. The molecule has 1 heterocycles. The van der Waals surface area contributed by atoms with Gasteiger partial charge in [0.25, 0.3) is 5.91 Å². The lowest BCUT2D eigenvalue weighted by molar-refractivity contribution is -0.123. The van der Waals surface area contributed by atoms with E-state index in [2.05, 4.69) is 32.6 Å². The summed E-state index contributed by atoms with van der Waals surface area (Å²) in [6, 6.07) is 0. The summed E-state index contributed by atoms with van der Waals surface area (Å²) in [5, 5.41) is 0. The highest BCUT2D eigenvalue weighted by Gasteiger charge is 2.50. The smallest absolute Gasteiger partial charge is 0.254 e. The number of carbonyl (C=O) groups is 1. The van der Waals surface area contributed by atoms with Gasteiger partial charge in [-0.15, -0.1) is 6.58 Å². The van der Waals surface area contributed by atoms with Crippen LogP contribution in [0, 0.1) is 11.3 Å². The lowest BCUT2D eigenvalue weighted by Crippen LogP contribution is -2.49. The van der Waals surface area contributed by atoms with Gasteiger partial charge in [0, 0.05) is 30.8 Å². The van der Waals surface area contributed by atoms with E-state index >= 15 is 0 Å². The zero-order valence-corrected chi connectivity index (χ0v) is 15.3. The number of amides is 1. The molecule has 3 aliphatic rings. The Morgan fingerprint density at radius 2 is 2.21 bits per heavy atom. The van der Waals surface area contributed by atoms with Gasteiger partial charge in [0.15, 0.2) is 0 Å². The fourth-order valence-corrected chi connectivity index (χ4v) is 4.27. The first-order valence-corrected chi connectivity index (χ1v) is 8.52. The summed E-state index contributed by atoms with van der Waals surface area (Å²) >= 11 is 0. The van der Waals surface area contributed by atoms with Crippen molar-refractivity contribution in [2.24, 2.45) is 11.3 Å². The zero-order chi connectivity index (χ0) is 17.6. The molecule has 0 saturated carbocycles. The Morgan fingerprint density at radius 1 is 1.50 bits per heavy atom. The summed E-state index contributed by atoms with van der Waals surface area (Å²) < 4.78 is 11.7. The number of likely N-dealkylation sites (N-methyl/N-ethyl adjacent to an activating group) is 1. The molecule has 24 heavy (non-hydrogen) atoms. The van der Waals surface area contributed by atoms with E-state index in [0.29, 0.717) is 6.61 Å². The summed E-state index contributed by atoms with van der Waals surface area (Å²) in [5.41, 5.74) is 4.26. The number of methoxy groups -OCH3 is 1. The second-order valence-corrected chi connectivity index (χ2v) is 7.29. The van der Waals surface area contributed by atoms with E-state index in [1.165, 1.54) is 11.1 Å². The molecule has 2 aliphatic carbocycles. The normalized spacial score (nSPS) is 35.5. The fraction of sp³-hybridized carbons (Fsp3) is 0.550. The van der Waals surface area contributed by atoms with E-state index in [1.807, 2.05) is 14.0 Å². The van der Waals surface area contributed by atoms with Crippen LogP contribution in [-0.4, -0.2) is 43.8 Å². The monoisotopic (exact) mass is 329 g/mol. The highest BCUT2D eigenvalue weighted by atomic mass is 16.5. The van der Waals surface area contributed by atoms with Gasteiger partial charge >= 0.3 is 0 Å². The van der Waals surface area contributed by atoms with Crippen LogP contribution < -0.4 is 0 Å². The highest BCUT2D eigenvalue weighted by Crippen LogP contribution is 2.54.